The van der Waals surface area contributed by atoms with Gasteiger partial charge in [0.1, 0.15) is 5.56 Å². The van der Waals surface area contributed by atoms with Crippen LogP contribution in [0.15, 0.2) is 54.6 Å². The van der Waals surface area contributed by atoms with Gasteiger partial charge in [-0.3, -0.25) is 19.7 Å². The Bertz CT molecular complexity index is 1140. The number of hydrogen-bond acceptors (Lipinski definition) is 4. The first-order valence-corrected chi connectivity index (χ1v) is 9.47. The maximum Gasteiger partial charge on any atom is 0.282 e. The molecule has 0 saturated heterocycles. The first kappa shape index (κ1) is 20.9. The van der Waals surface area contributed by atoms with Gasteiger partial charge in [-0.05, 0) is 80.3 Å². The molecule has 3 aromatic carbocycles. The molecule has 0 aliphatic carbocycles. The second kappa shape index (κ2) is 8.29. The molecule has 0 unspecified atom stereocenters. The van der Waals surface area contributed by atoms with E-state index in [2.05, 4.69) is 11.4 Å². The quantitative estimate of drug-likeness (QED) is 0.356. The number of nitrogens with zero attached hydrogens (tertiary/aromatic N) is 1. The molecule has 0 radical (unpaired) electrons. The highest BCUT2D eigenvalue weighted by molar-refractivity contribution is 6.12. The molecule has 0 aromatic heterocycles. The van der Waals surface area contributed by atoms with Gasteiger partial charge in [-0.1, -0.05) is 18.2 Å². The minimum atomic E-state index is -0.592. The van der Waals surface area contributed by atoms with Crippen molar-refractivity contribution < 1.29 is 14.5 Å². The SMILES string of the molecule is Cc1cc(C)c(C)c(C(=O)c2ccc(NC(=O)c3ccccc3[N+](=O)[O-])cc2)c1C. The van der Waals surface area contributed by atoms with Crippen LogP contribution in [0.3, 0.4) is 0 Å². The molecule has 0 aliphatic heterocycles. The largest absolute Gasteiger partial charge is 0.322 e. The zero-order chi connectivity index (χ0) is 22.0. The molecule has 0 aliphatic rings. The van der Waals surface area contributed by atoms with Gasteiger partial charge in [0, 0.05) is 22.9 Å². The molecule has 0 bridgehead atoms. The number of nitro benzene ring substituents is 1. The number of nitro groups is 1. The monoisotopic (exact) mass is 402 g/mol. The van der Waals surface area contributed by atoms with E-state index in [4.69, 9.17) is 0 Å². The van der Waals surface area contributed by atoms with Crippen molar-refractivity contribution in [1.82, 2.24) is 0 Å². The Balaban J connectivity index is 1.85. The minimum Gasteiger partial charge on any atom is -0.322 e. The van der Waals surface area contributed by atoms with Gasteiger partial charge in [0.05, 0.1) is 4.92 Å². The summed E-state index contributed by atoms with van der Waals surface area (Å²) in [6, 6.07) is 14.4. The fourth-order valence-electron chi connectivity index (χ4n) is 3.43. The van der Waals surface area contributed by atoms with E-state index in [9.17, 15) is 19.7 Å². The van der Waals surface area contributed by atoms with Crippen LogP contribution in [0.4, 0.5) is 11.4 Å². The third kappa shape index (κ3) is 3.98. The summed E-state index contributed by atoms with van der Waals surface area (Å²) < 4.78 is 0. The zero-order valence-electron chi connectivity index (χ0n) is 17.3. The third-order valence-electron chi connectivity index (χ3n) is 5.34. The van der Waals surface area contributed by atoms with Gasteiger partial charge in [-0.2, -0.15) is 0 Å². The van der Waals surface area contributed by atoms with Gasteiger partial charge in [0.2, 0.25) is 0 Å². The number of hydrogen-bond donors (Lipinski definition) is 1. The van der Waals surface area contributed by atoms with Crippen LogP contribution in [0.1, 0.15) is 48.5 Å². The van der Waals surface area contributed by atoms with Crippen LogP contribution in [0.5, 0.6) is 0 Å². The molecule has 152 valence electrons. The maximum absolute atomic E-state index is 13.1. The number of rotatable bonds is 5. The number of benzene rings is 3. The Morgan fingerprint density at radius 2 is 1.43 bits per heavy atom. The van der Waals surface area contributed by atoms with E-state index in [0.29, 0.717) is 16.8 Å². The van der Waals surface area contributed by atoms with Crippen LogP contribution in [0.2, 0.25) is 0 Å². The Morgan fingerprint density at radius 3 is 2.00 bits per heavy atom. The topological polar surface area (TPSA) is 89.3 Å². The summed E-state index contributed by atoms with van der Waals surface area (Å²) in [6.07, 6.45) is 0. The molecular weight excluding hydrogens is 380 g/mol. The van der Waals surface area contributed by atoms with E-state index in [1.165, 1.54) is 18.2 Å². The molecule has 0 atom stereocenters. The summed E-state index contributed by atoms with van der Waals surface area (Å²) in [6.45, 7) is 7.85. The molecule has 3 rings (SSSR count). The predicted octanol–water partition coefficient (Wildman–Crippen LogP) is 5.31. The van der Waals surface area contributed by atoms with Crippen molar-refractivity contribution in [3.63, 3.8) is 0 Å². The summed E-state index contributed by atoms with van der Waals surface area (Å²) in [7, 11) is 0. The Labute approximate surface area is 174 Å². The van der Waals surface area contributed by atoms with Gasteiger partial charge in [0.25, 0.3) is 11.6 Å². The fourth-order valence-corrected chi connectivity index (χ4v) is 3.43. The van der Waals surface area contributed by atoms with E-state index < -0.39 is 10.8 Å². The first-order chi connectivity index (χ1) is 14.2. The lowest BCUT2D eigenvalue weighted by molar-refractivity contribution is -0.385. The predicted molar refractivity (Wildman–Crippen MR) is 116 cm³/mol. The molecule has 0 spiro atoms. The lowest BCUT2D eigenvalue weighted by Gasteiger charge is -2.14. The summed E-state index contributed by atoms with van der Waals surface area (Å²) in [5, 5.41) is 13.8. The van der Waals surface area contributed by atoms with Crippen molar-refractivity contribution >= 4 is 23.1 Å². The van der Waals surface area contributed by atoms with Crippen LogP contribution in [-0.4, -0.2) is 16.6 Å². The number of aryl methyl sites for hydroxylation is 2. The average Bonchev–Trinajstić information content (AvgIpc) is 2.73. The van der Waals surface area contributed by atoms with E-state index in [-0.39, 0.29) is 17.0 Å². The van der Waals surface area contributed by atoms with E-state index in [0.717, 1.165) is 22.3 Å². The Kier molecular flexibility index (Phi) is 5.78. The molecular formula is C24H22N2O4. The van der Waals surface area contributed by atoms with Crippen molar-refractivity contribution in [2.24, 2.45) is 0 Å². The molecule has 6 nitrogen and oxygen atoms in total. The maximum atomic E-state index is 13.1. The molecule has 30 heavy (non-hydrogen) atoms. The second-order valence-electron chi connectivity index (χ2n) is 7.27. The van der Waals surface area contributed by atoms with Crippen molar-refractivity contribution in [3.05, 3.63) is 104 Å². The van der Waals surface area contributed by atoms with Gasteiger partial charge < -0.3 is 5.32 Å². The highest BCUT2D eigenvalue weighted by Crippen LogP contribution is 2.25. The molecule has 6 heteroatoms. The van der Waals surface area contributed by atoms with Crippen LogP contribution in [-0.2, 0) is 0 Å². The fraction of sp³-hybridized carbons (Fsp3) is 0.167. The molecule has 0 heterocycles. The second-order valence-corrected chi connectivity index (χ2v) is 7.27. The number of amides is 1. The zero-order valence-corrected chi connectivity index (χ0v) is 17.3. The first-order valence-electron chi connectivity index (χ1n) is 9.47. The van der Waals surface area contributed by atoms with Crippen molar-refractivity contribution in [2.75, 3.05) is 5.32 Å². The molecule has 0 saturated carbocycles. The Hall–Kier alpha value is -3.80. The minimum absolute atomic E-state index is 0.0239. The summed E-state index contributed by atoms with van der Waals surface area (Å²) in [5.41, 5.74) is 5.41. The Morgan fingerprint density at radius 1 is 0.867 bits per heavy atom. The highest BCUT2D eigenvalue weighted by Gasteiger charge is 2.20. The van der Waals surface area contributed by atoms with Crippen LogP contribution < -0.4 is 5.32 Å². The van der Waals surface area contributed by atoms with Crippen LogP contribution in [0.25, 0.3) is 0 Å². The smallest absolute Gasteiger partial charge is 0.282 e. The van der Waals surface area contributed by atoms with Gasteiger partial charge in [-0.25, -0.2) is 0 Å². The van der Waals surface area contributed by atoms with E-state index >= 15 is 0 Å². The van der Waals surface area contributed by atoms with Gasteiger partial charge in [0.15, 0.2) is 5.78 Å². The number of carbonyl (C=O) groups excluding carboxylic acids is 2. The average molecular weight is 402 g/mol. The number of nitrogens with one attached hydrogen (secondary N) is 1. The normalized spacial score (nSPS) is 10.5. The van der Waals surface area contributed by atoms with Crippen LogP contribution >= 0.6 is 0 Å². The molecule has 1 amide bonds. The third-order valence-corrected chi connectivity index (χ3v) is 5.34. The van der Waals surface area contributed by atoms with E-state index in [1.807, 2.05) is 27.7 Å². The highest BCUT2D eigenvalue weighted by atomic mass is 16.6. The van der Waals surface area contributed by atoms with Crippen molar-refractivity contribution in [1.29, 1.82) is 0 Å². The summed E-state index contributed by atoms with van der Waals surface area (Å²) in [5.74, 6) is -0.657. The molecule has 0 fully saturated rings. The van der Waals surface area contributed by atoms with E-state index in [1.54, 1.807) is 30.3 Å². The number of anilines is 1. The molecule has 3 aromatic rings. The van der Waals surface area contributed by atoms with Crippen molar-refractivity contribution in [3.8, 4) is 0 Å². The van der Waals surface area contributed by atoms with Gasteiger partial charge >= 0.3 is 0 Å². The lowest BCUT2D eigenvalue weighted by atomic mass is 9.89. The van der Waals surface area contributed by atoms with Crippen LogP contribution in [0, 0.1) is 37.8 Å². The summed E-state index contributed by atoms with van der Waals surface area (Å²) >= 11 is 0. The standard InChI is InChI=1S/C24H22N2O4/c1-14-13-15(2)17(4)22(16(14)3)23(27)18-9-11-19(12-10-18)25-24(28)20-7-5-6-8-21(20)26(29)30/h5-13H,1-4H3,(H,25,28). The summed E-state index contributed by atoms with van der Waals surface area (Å²) in [4.78, 5) is 36.1. The number of carbonyl (C=O) groups is 2. The number of ketones is 1. The van der Waals surface area contributed by atoms with Crippen molar-refractivity contribution in [2.45, 2.75) is 27.7 Å². The number of para-hydroxylation sites is 1. The van der Waals surface area contributed by atoms with Gasteiger partial charge in [-0.15, -0.1) is 0 Å². The molecule has 1 N–H and O–H groups in total. The lowest BCUT2D eigenvalue weighted by Crippen LogP contribution is -2.14.